The molecule has 2 aromatic heterocycles. The second kappa shape index (κ2) is 18.6. The lowest BCUT2D eigenvalue weighted by Crippen LogP contribution is -2.54. The van der Waals surface area contributed by atoms with Crippen LogP contribution in [0.3, 0.4) is 0 Å². The van der Waals surface area contributed by atoms with E-state index >= 15 is 8.78 Å². The summed E-state index contributed by atoms with van der Waals surface area (Å²) in [6.07, 6.45) is 10.6. The van der Waals surface area contributed by atoms with Crippen molar-refractivity contribution in [1.29, 1.82) is 0 Å². The van der Waals surface area contributed by atoms with E-state index in [0.717, 1.165) is 23.3 Å². The van der Waals surface area contributed by atoms with Gasteiger partial charge in [-0.1, -0.05) is 42.3 Å². The maximum atomic E-state index is 17.2. The molecule has 0 radical (unpaired) electrons. The zero-order valence-electron chi connectivity index (χ0n) is 39.8. The molecular weight excluding hydrogens is 943 g/mol. The molecule has 5 saturated heterocycles. The second-order valence-corrected chi connectivity index (χ2v) is 19.8. The number of rotatable bonds is 12. The molecule has 0 saturated carbocycles. The molecule has 6 amide bonds. The van der Waals surface area contributed by atoms with Crippen molar-refractivity contribution in [3.8, 4) is 29.6 Å². The van der Waals surface area contributed by atoms with Gasteiger partial charge in [-0.25, -0.2) is 13.6 Å². The number of imide groups is 2. The average Bonchev–Trinajstić information content (AvgIpc) is 4.08. The Morgan fingerprint density at radius 3 is 2.58 bits per heavy atom. The third kappa shape index (κ3) is 8.55. The van der Waals surface area contributed by atoms with Crippen LogP contribution in [0.4, 0.5) is 25.1 Å². The topological polar surface area (TPSA) is 209 Å². The molecule has 8 heterocycles. The number of nitrogens with zero attached hydrogens (tertiary/aromatic N) is 7. The Balaban J connectivity index is 0.750. The Morgan fingerprint density at radius 1 is 1.00 bits per heavy atom. The van der Waals surface area contributed by atoms with Gasteiger partial charge >= 0.3 is 12.1 Å². The molecule has 20 heteroatoms. The Bertz CT molecular complexity index is 3260. The number of piperidine rings is 1. The van der Waals surface area contributed by atoms with Crippen LogP contribution in [0.5, 0.6) is 6.01 Å². The molecule has 73 heavy (non-hydrogen) atoms. The summed E-state index contributed by atoms with van der Waals surface area (Å²) in [5.41, 5.74) is 1.09. The van der Waals surface area contributed by atoms with Gasteiger partial charge in [-0.15, -0.1) is 6.42 Å². The molecule has 5 unspecified atom stereocenters. The van der Waals surface area contributed by atoms with Gasteiger partial charge < -0.3 is 29.9 Å². The summed E-state index contributed by atoms with van der Waals surface area (Å²) in [7, 11) is 1.52. The van der Waals surface area contributed by atoms with Crippen LogP contribution in [-0.4, -0.2) is 141 Å². The van der Waals surface area contributed by atoms with Crippen LogP contribution >= 0.6 is 0 Å². The maximum absolute atomic E-state index is 17.2. The lowest BCUT2D eigenvalue weighted by molar-refractivity contribution is -0.136. The number of hydrogen-bond acceptors (Lipinski definition) is 14. The predicted molar refractivity (Wildman–Crippen MR) is 262 cm³/mol. The van der Waals surface area contributed by atoms with Gasteiger partial charge in [-0.2, -0.15) is 9.97 Å². The Labute approximate surface area is 417 Å². The summed E-state index contributed by atoms with van der Waals surface area (Å²) >= 11 is 0. The van der Waals surface area contributed by atoms with Crippen LogP contribution in [0.2, 0.25) is 0 Å². The standard InChI is InChI=1S/C53H50F2N10O8/c1-4-34-39(54)13-8-29-6-5-7-36(43(29)34)45-44(55)46-38(22-56-45)47(63-24-31-9-10-32(25-63)57-31)61-51(60-46)73-27-53-18-16-33(64(53)23-28(2)21-53)26-72-52(71)62(3)19-17-42(67)58-30-11-12-35-37(20-30)50(70)65(49(35)69)40-14-15-41(66)59-48(40)68/h1,5-8,11-13,20,22,31-33,40,57H,2,9-10,14-19,21,23-27H2,3H3,(H,58,67)(H,59,66,68). The van der Waals surface area contributed by atoms with E-state index in [0.29, 0.717) is 66.4 Å². The summed E-state index contributed by atoms with van der Waals surface area (Å²) in [6, 6.07) is 11.5. The van der Waals surface area contributed by atoms with E-state index in [2.05, 4.69) is 43.2 Å². The number of pyridine rings is 1. The fourth-order valence-corrected chi connectivity index (χ4v) is 11.5. The van der Waals surface area contributed by atoms with E-state index in [-0.39, 0.29) is 96.7 Å². The van der Waals surface area contributed by atoms with Gasteiger partial charge in [0.2, 0.25) is 17.7 Å². The lowest BCUT2D eigenvalue weighted by atomic mass is 9.94. The van der Waals surface area contributed by atoms with E-state index in [9.17, 15) is 28.8 Å². The third-order valence-electron chi connectivity index (χ3n) is 15.1. The van der Waals surface area contributed by atoms with Crippen LogP contribution in [0.1, 0.15) is 77.6 Å². The Kier molecular flexibility index (Phi) is 12.1. The van der Waals surface area contributed by atoms with Crippen molar-refractivity contribution in [1.82, 2.24) is 40.3 Å². The second-order valence-electron chi connectivity index (χ2n) is 19.8. The van der Waals surface area contributed by atoms with E-state index in [1.165, 1.54) is 36.2 Å². The van der Waals surface area contributed by atoms with Crippen molar-refractivity contribution < 1.29 is 47.0 Å². The van der Waals surface area contributed by atoms with E-state index in [1.807, 2.05) is 0 Å². The van der Waals surface area contributed by atoms with Crippen molar-refractivity contribution >= 4 is 68.8 Å². The van der Waals surface area contributed by atoms with Gasteiger partial charge in [0.25, 0.3) is 11.8 Å². The first-order valence-electron chi connectivity index (χ1n) is 24.3. The number of carbonyl (C=O) groups excluding carboxylic acids is 6. The summed E-state index contributed by atoms with van der Waals surface area (Å²) in [5.74, 6) is -1.40. The number of benzene rings is 3. The molecule has 3 aromatic carbocycles. The number of ether oxygens (including phenoxy) is 2. The van der Waals surface area contributed by atoms with E-state index in [4.69, 9.17) is 25.9 Å². The fraction of sp³-hybridized carbons (Fsp3) is 0.377. The number of halogens is 2. The summed E-state index contributed by atoms with van der Waals surface area (Å²) in [4.78, 5) is 97.5. The van der Waals surface area contributed by atoms with Crippen molar-refractivity contribution in [3.63, 3.8) is 0 Å². The highest BCUT2D eigenvalue weighted by Crippen LogP contribution is 2.45. The first-order chi connectivity index (χ1) is 35.2. The monoisotopic (exact) mass is 992 g/mol. The van der Waals surface area contributed by atoms with E-state index < -0.39 is 58.8 Å². The number of terminal acetylenes is 1. The zero-order chi connectivity index (χ0) is 50.9. The van der Waals surface area contributed by atoms with Crippen LogP contribution in [0, 0.1) is 24.0 Å². The van der Waals surface area contributed by atoms with Crippen LogP contribution in [0.15, 0.2) is 66.9 Å². The van der Waals surface area contributed by atoms with E-state index in [1.54, 1.807) is 30.5 Å². The minimum Gasteiger partial charge on any atom is -0.461 e. The first-order valence-corrected chi connectivity index (χ1v) is 24.3. The number of anilines is 2. The van der Waals surface area contributed by atoms with Crippen LogP contribution in [0.25, 0.3) is 32.9 Å². The molecule has 5 fully saturated rings. The largest absolute Gasteiger partial charge is 0.461 e. The number of nitrogens with one attached hydrogen (secondary N) is 3. The number of aromatic nitrogens is 3. The van der Waals surface area contributed by atoms with Crippen molar-refractivity contribution in [3.05, 3.63) is 95.2 Å². The summed E-state index contributed by atoms with van der Waals surface area (Å²) in [5, 5.41) is 9.91. The van der Waals surface area contributed by atoms with Crippen LogP contribution in [-0.2, 0) is 19.1 Å². The highest BCUT2D eigenvalue weighted by Gasteiger charge is 2.52. The number of fused-ring (bicyclic) bond motifs is 6. The number of hydrogen-bond donors (Lipinski definition) is 3. The molecule has 2 bridgehead atoms. The van der Waals surface area contributed by atoms with Crippen molar-refractivity contribution in [2.24, 2.45) is 0 Å². The van der Waals surface area contributed by atoms with Gasteiger partial charge in [0.15, 0.2) is 5.82 Å². The predicted octanol–water partition coefficient (Wildman–Crippen LogP) is 5.09. The normalized spacial score (nSPS) is 23.5. The first kappa shape index (κ1) is 47.4. The Hall–Kier alpha value is -7.89. The average molecular weight is 993 g/mol. The number of piperazine rings is 1. The molecule has 18 nitrogen and oxygen atoms in total. The summed E-state index contributed by atoms with van der Waals surface area (Å²) < 4.78 is 44.6. The van der Waals surface area contributed by atoms with Gasteiger partial charge in [-0.3, -0.25) is 44.1 Å². The van der Waals surface area contributed by atoms with Gasteiger partial charge in [0, 0.05) is 87.0 Å². The lowest BCUT2D eigenvalue weighted by Gasteiger charge is -2.35. The van der Waals surface area contributed by atoms with Crippen molar-refractivity contribution in [2.45, 2.75) is 81.1 Å². The minimum absolute atomic E-state index is 0.00652. The summed E-state index contributed by atoms with van der Waals surface area (Å²) in [6.45, 7) is 6.35. The molecule has 11 rings (SSSR count). The minimum atomic E-state index is -1.12. The molecule has 5 aromatic rings. The SMILES string of the molecule is C#Cc1c(F)ccc2cccc(-c3ncc4c(N5CC6CCC(C5)N6)nc(OCC56CCC(COC(=O)N(C)CCC(=O)Nc7ccc8c(c7)C(=O)N(C7CCC(=O)NC7=O)C8=O)N5CC(=C)C6)nc4c3F)c12. The third-order valence-corrected chi connectivity index (χ3v) is 15.1. The van der Waals surface area contributed by atoms with Crippen molar-refractivity contribution in [2.75, 3.05) is 56.7 Å². The van der Waals surface area contributed by atoms with Gasteiger partial charge in [-0.05, 0) is 68.2 Å². The molecule has 5 atom stereocenters. The smallest absolute Gasteiger partial charge is 0.409 e. The zero-order valence-corrected chi connectivity index (χ0v) is 39.8. The highest BCUT2D eigenvalue weighted by molar-refractivity contribution is 6.24. The number of carbonyl (C=O) groups is 6. The highest BCUT2D eigenvalue weighted by atomic mass is 19.1. The quantitative estimate of drug-likeness (QED) is 0.0847. The van der Waals surface area contributed by atoms with Gasteiger partial charge in [0.05, 0.1) is 27.6 Å². The Morgan fingerprint density at radius 2 is 1.79 bits per heavy atom. The maximum Gasteiger partial charge on any atom is 0.409 e. The number of amides is 6. The fourth-order valence-electron chi connectivity index (χ4n) is 11.5. The molecule has 374 valence electrons. The van der Waals surface area contributed by atoms with Crippen LogP contribution < -0.4 is 25.6 Å². The molecular formula is C53H50F2N10O8. The molecule has 6 aliphatic rings. The molecule has 3 N–H and O–H groups in total. The van der Waals surface area contributed by atoms with Gasteiger partial charge in [0.1, 0.15) is 42.1 Å². The molecule has 0 spiro atoms. The molecule has 6 aliphatic heterocycles. The molecule has 0 aliphatic carbocycles.